The van der Waals surface area contributed by atoms with Gasteiger partial charge in [0.15, 0.2) is 0 Å². The number of benzene rings is 1. The maximum Gasteiger partial charge on any atom is 0.235 e. The monoisotopic (exact) mass is 227 g/mol. The molecule has 0 saturated heterocycles. The molecule has 77 valence electrons. The molecular formula is C14H8ClO. The van der Waals surface area contributed by atoms with Crippen molar-refractivity contribution >= 4 is 17.4 Å². The Morgan fingerprint density at radius 3 is 2.31 bits per heavy atom. The van der Waals surface area contributed by atoms with E-state index in [0.717, 1.165) is 5.92 Å². The van der Waals surface area contributed by atoms with Crippen molar-refractivity contribution in [2.24, 2.45) is 0 Å². The van der Waals surface area contributed by atoms with Crippen molar-refractivity contribution in [2.75, 3.05) is 0 Å². The predicted octanol–water partition coefficient (Wildman–Crippen LogP) is 2.93. The van der Waals surface area contributed by atoms with Crippen LogP contribution in [0.25, 0.3) is 0 Å². The van der Waals surface area contributed by atoms with Crippen molar-refractivity contribution < 1.29 is 4.79 Å². The van der Waals surface area contributed by atoms with Gasteiger partial charge in [0.25, 0.3) is 0 Å². The number of hydrogen-bond acceptors (Lipinski definition) is 1. The summed E-state index contributed by atoms with van der Waals surface area (Å²) >= 11 is 5.73. The van der Waals surface area contributed by atoms with Crippen LogP contribution >= 0.6 is 11.6 Å². The molecule has 1 aromatic rings. The average molecular weight is 228 g/mol. The molecule has 0 N–H and O–H groups in total. The van der Waals surface area contributed by atoms with Gasteiger partial charge in [0.05, 0.1) is 5.92 Å². The van der Waals surface area contributed by atoms with Gasteiger partial charge in [-0.15, -0.1) is 0 Å². The Hall–Kier alpha value is -1.26. The smallest absolute Gasteiger partial charge is 0.235 e. The summed E-state index contributed by atoms with van der Waals surface area (Å²) in [5.41, 5.74) is 0.559. The summed E-state index contributed by atoms with van der Waals surface area (Å²) in [6, 6.07) is 6.70. The van der Waals surface area contributed by atoms with Crippen molar-refractivity contribution in [3.8, 4) is 11.8 Å². The lowest BCUT2D eigenvalue weighted by Crippen LogP contribution is -1.95. The summed E-state index contributed by atoms with van der Waals surface area (Å²) in [5.74, 6) is 6.05. The van der Waals surface area contributed by atoms with Gasteiger partial charge in [-0.1, -0.05) is 17.5 Å². The molecule has 0 amide bonds. The first-order valence-corrected chi connectivity index (χ1v) is 5.17. The summed E-state index contributed by atoms with van der Waals surface area (Å²) in [5, 5.41) is 0.612. The molecular weight excluding hydrogens is 220 g/mol. The van der Waals surface area contributed by atoms with Crippen molar-refractivity contribution in [3.05, 3.63) is 66.5 Å². The minimum absolute atomic E-state index is 0.196. The molecule has 0 heterocycles. The fourth-order valence-corrected chi connectivity index (χ4v) is 1.39. The van der Waals surface area contributed by atoms with Gasteiger partial charge >= 0.3 is 0 Å². The number of rotatable bonds is 1. The Morgan fingerprint density at radius 2 is 1.69 bits per heavy atom. The van der Waals surface area contributed by atoms with E-state index in [2.05, 4.69) is 11.8 Å². The molecule has 0 aliphatic heterocycles. The van der Waals surface area contributed by atoms with Crippen molar-refractivity contribution in [1.29, 1.82) is 0 Å². The van der Waals surface area contributed by atoms with Crippen LogP contribution in [0.4, 0.5) is 0 Å². The van der Waals surface area contributed by atoms with E-state index in [9.17, 15) is 4.79 Å². The Balaban J connectivity index is 2.04. The molecule has 16 heavy (non-hydrogen) atoms. The SMILES string of the molecule is O=C(C#C[C]1[CH][CH][CH][CH]1)c1ccc(Cl)cc1. The Bertz CT molecular complexity index is 430. The number of Topliss-reactive ketones (excluding diaryl/α,β-unsaturated/α-hetero) is 1. The third-order valence-electron chi connectivity index (χ3n) is 2.09. The van der Waals surface area contributed by atoms with Crippen LogP contribution in [0.2, 0.25) is 5.02 Å². The lowest BCUT2D eigenvalue weighted by atomic mass is 10.1. The zero-order valence-corrected chi connectivity index (χ0v) is 9.16. The quantitative estimate of drug-likeness (QED) is 0.410. The zero-order valence-electron chi connectivity index (χ0n) is 8.41. The van der Waals surface area contributed by atoms with Gasteiger partial charge < -0.3 is 0 Å². The largest absolute Gasteiger partial charge is 0.279 e. The molecule has 0 aromatic heterocycles. The third-order valence-corrected chi connectivity index (χ3v) is 2.34. The van der Waals surface area contributed by atoms with Crippen LogP contribution in [0.15, 0.2) is 24.3 Å². The molecule has 5 radical (unpaired) electrons. The van der Waals surface area contributed by atoms with Gasteiger partial charge in [-0.2, -0.15) is 0 Å². The van der Waals surface area contributed by atoms with E-state index < -0.39 is 0 Å². The molecule has 1 fully saturated rings. The van der Waals surface area contributed by atoms with Gasteiger partial charge in [-0.05, 0) is 55.9 Å². The molecule has 1 aliphatic rings. The number of hydrogen-bond donors (Lipinski definition) is 0. The highest BCUT2D eigenvalue weighted by atomic mass is 35.5. The van der Waals surface area contributed by atoms with Crippen LogP contribution in [0.1, 0.15) is 10.4 Å². The maximum atomic E-state index is 11.6. The van der Waals surface area contributed by atoms with Gasteiger partial charge in [0, 0.05) is 10.6 Å². The van der Waals surface area contributed by atoms with E-state index in [-0.39, 0.29) is 5.78 Å². The fraction of sp³-hybridized carbons (Fsp3) is 0. The second-order valence-corrected chi connectivity index (χ2v) is 3.70. The summed E-state index contributed by atoms with van der Waals surface area (Å²) in [6.07, 6.45) is 7.50. The minimum atomic E-state index is -0.196. The zero-order chi connectivity index (χ0) is 11.4. The van der Waals surface area contributed by atoms with E-state index in [4.69, 9.17) is 11.6 Å². The molecule has 0 unspecified atom stereocenters. The first-order chi connectivity index (χ1) is 7.75. The summed E-state index contributed by atoms with van der Waals surface area (Å²) in [7, 11) is 0. The van der Waals surface area contributed by atoms with Gasteiger partial charge in [-0.3, -0.25) is 4.79 Å². The van der Waals surface area contributed by atoms with Gasteiger partial charge in [0.2, 0.25) is 5.78 Å². The number of carbonyl (C=O) groups excluding carboxylic acids is 1. The molecule has 2 heteroatoms. The summed E-state index contributed by atoms with van der Waals surface area (Å²) in [6.45, 7) is 0. The maximum absolute atomic E-state index is 11.6. The highest BCUT2D eigenvalue weighted by Gasteiger charge is 2.14. The average Bonchev–Trinajstić information content (AvgIpc) is 2.80. The minimum Gasteiger partial charge on any atom is -0.279 e. The summed E-state index contributed by atoms with van der Waals surface area (Å²) in [4.78, 5) is 11.6. The van der Waals surface area contributed by atoms with Crippen molar-refractivity contribution in [1.82, 2.24) is 0 Å². The van der Waals surface area contributed by atoms with Crippen LogP contribution in [0.3, 0.4) is 0 Å². The number of ketones is 1. The molecule has 1 saturated carbocycles. The van der Waals surface area contributed by atoms with Crippen molar-refractivity contribution in [3.63, 3.8) is 0 Å². The molecule has 0 spiro atoms. The molecule has 1 aromatic carbocycles. The molecule has 1 aliphatic carbocycles. The molecule has 1 nitrogen and oxygen atoms in total. The van der Waals surface area contributed by atoms with E-state index >= 15 is 0 Å². The number of carbonyl (C=O) groups is 1. The van der Waals surface area contributed by atoms with Gasteiger partial charge in [0.1, 0.15) is 0 Å². The Kier molecular flexibility index (Phi) is 3.64. The lowest BCUT2D eigenvalue weighted by molar-refractivity contribution is 0.105. The van der Waals surface area contributed by atoms with E-state index in [1.165, 1.54) is 0 Å². The van der Waals surface area contributed by atoms with Gasteiger partial charge in [-0.25, -0.2) is 0 Å². The van der Waals surface area contributed by atoms with Crippen LogP contribution < -0.4 is 0 Å². The standard InChI is InChI=1S/C14H8ClO/c15-13-8-6-12(7-9-13)14(16)10-5-11-3-1-2-4-11/h1-4,6-9H. The molecule has 0 atom stereocenters. The normalized spacial score (nSPS) is 15.6. The van der Waals surface area contributed by atoms with E-state index in [1.54, 1.807) is 24.3 Å². The van der Waals surface area contributed by atoms with Crippen LogP contribution in [0, 0.1) is 43.4 Å². The van der Waals surface area contributed by atoms with E-state index in [0.29, 0.717) is 10.6 Å². The van der Waals surface area contributed by atoms with Crippen LogP contribution in [0.5, 0.6) is 0 Å². The molecule has 2 rings (SSSR count). The second kappa shape index (κ2) is 5.18. The topological polar surface area (TPSA) is 17.1 Å². The van der Waals surface area contributed by atoms with E-state index in [1.807, 2.05) is 25.7 Å². The fourth-order valence-electron chi connectivity index (χ4n) is 1.26. The first-order valence-electron chi connectivity index (χ1n) is 4.79. The highest BCUT2D eigenvalue weighted by molar-refractivity contribution is 6.30. The second-order valence-electron chi connectivity index (χ2n) is 3.26. The summed E-state index contributed by atoms with van der Waals surface area (Å²) < 4.78 is 0. The third kappa shape index (κ3) is 2.87. The lowest BCUT2D eigenvalue weighted by Gasteiger charge is -1.95. The number of halogens is 1. The Morgan fingerprint density at radius 1 is 1.06 bits per heavy atom. The van der Waals surface area contributed by atoms with Crippen LogP contribution in [-0.2, 0) is 0 Å². The Labute approximate surface area is 101 Å². The van der Waals surface area contributed by atoms with Crippen LogP contribution in [-0.4, -0.2) is 5.78 Å². The highest BCUT2D eigenvalue weighted by Crippen LogP contribution is 2.21. The van der Waals surface area contributed by atoms with Crippen molar-refractivity contribution in [2.45, 2.75) is 0 Å². The predicted molar refractivity (Wildman–Crippen MR) is 64.0 cm³/mol. The molecule has 0 bridgehead atoms. The first kappa shape index (κ1) is 11.2.